The van der Waals surface area contributed by atoms with Gasteiger partial charge in [-0.1, -0.05) is 140 Å². The average molecular weight is 642 g/mol. The number of hydrogen-bond donors (Lipinski definition) is 0. The van der Waals surface area contributed by atoms with Gasteiger partial charge in [0.15, 0.2) is 17.5 Å². The Bertz CT molecular complexity index is 2500. The summed E-state index contributed by atoms with van der Waals surface area (Å²) >= 11 is 0. The zero-order valence-electron chi connectivity index (χ0n) is 28.0. The van der Waals surface area contributed by atoms with E-state index < -0.39 is 0 Å². The van der Waals surface area contributed by atoms with Crippen LogP contribution >= 0.6 is 0 Å². The van der Waals surface area contributed by atoms with Crippen LogP contribution in [0.3, 0.4) is 0 Å². The van der Waals surface area contributed by atoms with E-state index in [2.05, 4.69) is 153 Å². The van der Waals surface area contributed by atoms with Gasteiger partial charge in [0.2, 0.25) is 0 Å². The maximum atomic E-state index is 5.21. The summed E-state index contributed by atoms with van der Waals surface area (Å²) in [4.78, 5) is 15.5. The molecule has 1 aromatic heterocycles. The zero-order valence-corrected chi connectivity index (χ0v) is 28.0. The molecule has 8 aromatic rings. The second-order valence-electron chi connectivity index (χ2n) is 13.2. The summed E-state index contributed by atoms with van der Waals surface area (Å²) < 4.78 is 0. The number of aryl methyl sites for hydroxylation is 2. The van der Waals surface area contributed by atoms with Crippen LogP contribution in [-0.2, 0) is 12.8 Å². The second kappa shape index (κ2) is 12.7. The summed E-state index contributed by atoms with van der Waals surface area (Å²) in [5.41, 5.74) is 14.3. The van der Waals surface area contributed by atoms with Crippen LogP contribution in [0.2, 0.25) is 0 Å². The number of nitrogens with zero attached hydrogens (tertiary/aromatic N) is 3. The first-order chi connectivity index (χ1) is 24.7. The first kappa shape index (κ1) is 29.9. The molecule has 1 heterocycles. The summed E-state index contributed by atoms with van der Waals surface area (Å²) in [5, 5.41) is 2.57. The minimum absolute atomic E-state index is 0.660. The Morgan fingerprint density at radius 1 is 0.420 bits per heavy atom. The van der Waals surface area contributed by atoms with Crippen LogP contribution in [0.25, 0.3) is 78.3 Å². The molecule has 3 heteroatoms. The minimum Gasteiger partial charge on any atom is -0.208 e. The molecule has 1 aliphatic rings. The molecule has 3 nitrogen and oxygen atoms in total. The van der Waals surface area contributed by atoms with Crippen molar-refractivity contribution in [2.75, 3.05) is 0 Å². The number of hydrogen-bond acceptors (Lipinski definition) is 3. The van der Waals surface area contributed by atoms with Crippen molar-refractivity contribution in [1.29, 1.82) is 0 Å². The van der Waals surface area contributed by atoms with Crippen molar-refractivity contribution in [3.63, 3.8) is 0 Å². The molecule has 0 saturated heterocycles. The van der Waals surface area contributed by atoms with E-state index >= 15 is 0 Å². The van der Waals surface area contributed by atoms with Crippen molar-refractivity contribution in [1.82, 2.24) is 15.0 Å². The fourth-order valence-corrected chi connectivity index (χ4v) is 7.47. The summed E-state index contributed by atoms with van der Waals surface area (Å²) in [6.45, 7) is 2.24. The predicted octanol–water partition coefficient (Wildman–Crippen LogP) is 11.8. The predicted molar refractivity (Wildman–Crippen MR) is 207 cm³/mol. The molecule has 0 saturated carbocycles. The summed E-state index contributed by atoms with van der Waals surface area (Å²) in [6.07, 6.45) is 3.26. The van der Waals surface area contributed by atoms with Crippen LogP contribution in [0, 0.1) is 6.92 Å². The molecule has 0 N–H and O–H groups in total. The van der Waals surface area contributed by atoms with Crippen molar-refractivity contribution in [3.05, 3.63) is 174 Å². The highest BCUT2D eigenvalue weighted by Crippen LogP contribution is 2.41. The third-order valence-corrected chi connectivity index (χ3v) is 10.0. The molecule has 0 spiro atoms. The van der Waals surface area contributed by atoms with E-state index in [1.165, 1.54) is 44.2 Å². The van der Waals surface area contributed by atoms with Gasteiger partial charge in [0.05, 0.1) is 0 Å². The monoisotopic (exact) mass is 641 g/mol. The van der Waals surface area contributed by atoms with Crippen LogP contribution in [0.4, 0.5) is 0 Å². The van der Waals surface area contributed by atoms with Gasteiger partial charge in [-0.3, -0.25) is 0 Å². The van der Waals surface area contributed by atoms with Crippen molar-refractivity contribution in [2.45, 2.75) is 26.2 Å². The Morgan fingerprint density at radius 3 is 1.76 bits per heavy atom. The van der Waals surface area contributed by atoms with Crippen molar-refractivity contribution in [2.24, 2.45) is 0 Å². The van der Waals surface area contributed by atoms with Gasteiger partial charge in [0, 0.05) is 16.7 Å². The molecule has 0 atom stereocenters. The van der Waals surface area contributed by atoms with Gasteiger partial charge < -0.3 is 0 Å². The maximum Gasteiger partial charge on any atom is 0.164 e. The van der Waals surface area contributed by atoms with Crippen LogP contribution < -0.4 is 0 Å². The Kier molecular flexibility index (Phi) is 7.59. The first-order valence-electron chi connectivity index (χ1n) is 17.4. The van der Waals surface area contributed by atoms with Gasteiger partial charge in [-0.15, -0.1) is 0 Å². The van der Waals surface area contributed by atoms with Gasteiger partial charge in [-0.2, -0.15) is 0 Å². The van der Waals surface area contributed by atoms with E-state index in [-0.39, 0.29) is 0 Å². The average Bonchev–Trinajstić information content (AvgIpc) is 3.39. The quantitative estimate of drug-likeness (QED) is 0.188. The van der Waals surface area contributed by atoms with Crippen LogP contribution in [-0.4, -0.2) is 15.0 Å². The van der Waals surface area contributed by atoms with E-state index in [9.17, 15) is 0 Å². The largest absolute Gasteiger partial charge is 0.208 e. The molecule has 238 valence electrons. The molecule has 9 rings (SSSR count). The fraction of sp³-hybridized carbons (Fsp3) is 0.0851. The third kappa shape index (κ3) is 5.57. The van der Waals surface area contributed by atoms with Gasteiger partial charge >= 0.3 is 0 Å². The lowest BCUT2D eigenvalue weighted by atomic mass is 9.88. The maximum absolute atomic E-state index is 5.21. The molecule has 0 amide bonds. The Morgan fingerprint density at radius 2 is 1.00 bits per heavy atom. The molecular weight excluding hydrogens is 607 g/mol. The van der Waals surface area contributed by atoms with Crippen molar-refractivity contribution in [3.8, 4) is 67.5 Å². The Hall–Kier alpha value is -6.19. The van der Waals surface area contributed by atoms with Crippen LogP contribution in [0.1, 0.15) is 23.1 Å². The number of benzene rings is 7. The number of fused-ring (bicyclic) bond motifs is 5. The molecule has 0 aliphatic heterocycles. The molecule has 1 aliphatic carbocycles. The lowest BCUT2D eigenvalue weighted by molar-refractivity contribution is 0.831. The zero-order chi connectivity index (χ0) is 33.4. The minimum atomic E-state index is 0.660. The highest BCUT2D eigenvalue weighted by Gasteiger charge is 2.21. The van der Waals surface area contributed by atoms with E-state index in [1.807, 2.05) is 12.1 Å². The third-order valence-electron chi connectivity index (χ3n) is 10.0. The van der Waals surface area contributed by atoms with Gasteiger partial charge in [-0.05, 0) is 105 Å². The number of rotatable bonds is 5. The van der Waals surface area contributed by atoms with E-state index in [0.717, 1.165) is 52.6 Å². The van der Waals surface area contributed by atoms with Crippen molar-refractivity contribution < 1.29 is 0 Å². The van der Waals surface area contributed by atoms with Gasteiger partial charge in [0.1, 0.15) is 0 Å². The number of aromatic nitrogens is 3. The molecule has 0 bridgehead atoms. The molecule has 0 fully saturated rings. The molecule has 7 aromatic carbocycles. The second-order valence-corrected chi connectivity index (χ2v) is 13.2. The van der Waals surface area contributed by atoms with Gasteiger partial charge in [-0.25, -0.2) is 15.0 Å². The summed E-state index contributed by atoms with van der Waals surface area (Å²) in [6, 6.07) is 55.9. The first-order valence-corrected chi connectivity index (χ1v) is 17.4. The molecule has 0 radical (unpaired) electrons. The van der Waals surface area contributed by atoms with Crippen LogP contribution in [0.5, 0.6) is 0 Å². The normalized spacial score (nSPS) is 12.3. The molecule has 50 heavy (non-hydrogen) atoms. The molecular formula is C47H35N3. The lowest BCUT2D eigenvalue weighted by Gasteiger charge is -2.17. The summed E-state index contributed by atoms with van der Waals surface area (Å²) in [5.74, 6) is 2.00. The lowest BCUT2D eigenvalue weighted by Crippen LogP contribution is -2.02. The highest BCUT2D eigenvalue weighted by molar-refractivity contribution is 6.00. The Labute approximate surface area is 293 Å². The van der Waals surface area contributed by atoms with Gasteiger partial charge in [0.25, 0.3) is 0 Å². The van der Waals surface area contributed by atoms with Crippen LogP contribution in [0.15, 0.2) is 158 Å². The SMILES string of the molecule is Cc1cc(-c2nc(-c3ccc(-c4ccccc4)cc3)nc(-c3cccc(-c4ccccc4)c3)n2)cc2c1CCCc1ccc3ccccc3c1-2. The molecule has 0 unspecified atom stereocenters. The fourth-order valence-electron chi connectivity index (χ4n) is 7.47. The topological polar surface area (TPSA) is 38.7 Å². The van der Waals surface area contributed by atoms with Crippen molar-refractivity contribution >= 4 is 10.8 Å². The summed E-state index contributed by atoms with van der Waals surface area (Å²) in [7, 11) is 0. The van der Waals surface area contributed by atoms with E-state index in [0.29, 0.717) is 17.5 Å². The standard InChI is InChI=1S/C47H35N3/c1-31-28-40(30-43-41(31)21-11-17-36-25-24-35-16-8-9-20-42(35)44(36)43)47-49-45(37-26-22-34(23-27-37)32-12-4-2-5-13-32)48-46(50-47)39-19-10-18-38(29-39)33-14-6-3-7-15-33/h2-10,12-16,18-20,22-30H,11,17,21H2,1H3. The van der Waals surface area contributed by atoms with E-state index in [4.69, 9.17) is 15.0 Å². The smallest absolute Gasteiger partial charge is 0.164 e. The van der Waals surface area contributed by atoms with E-state index in [1.54, 1.807) is 0 Å². The highest BCUT2D eigenvalue weighted by atomic mass is 15.0. The Balaban J connectivity index is 1.23.